The number of methoxy groups -OCH3 is 1. The fourth-order valence-electron chi connectivity index (χ4n) is 2.66. The Morgan fingerprint density at radius 2 is 2.15 bits per heavy atom. The van der Waals surface area contributed by atoms with Crippen LogP contribution in [-0.4, -0.2) is 43.6 Å². The number of nitrogens with one attached hydrogen (secondary N) is 1. The lowest BCUT2D eigenvalue weighted by atomic mass is 10.1. The molecule has 20 heavy (non-hydrogen) atoms. The summed E-state index contributed by atoms with van der Waals surface area (Å²) in [7, 11) is 1.54. The van der Waals surface area contributed by atoms with E-state index in [1.54, 1.807) is 25.3 Å². The lowest BCUT2D eigenvalue weighted by Gasteiger charge is -2.22. The minimum atomic E-state index is -0.174. The number of amides is 1. The molecule has 110 valence electrons. The van der Waals surface area contributed by atoms with Gasteiger partial charge in [0.1, 0.15) is 11.3 Å². The van der Waals surface area contributed by atoms with Crippen molar-refractivity contribution in [2.45, 2.75) is 25.8 Å². The van der Waals surface area contributed by atoms with Crippen LogP contribution in [0, 0.1) is 0 Å². The first-order valence-electron chi connectivity index (χ1n) is 7.07. The zero-order valence-electron chi connectivity index (χ0n) is 12.2. The third-order valence-electron chi connectivity index (χ3n) is 3.61. The highest BCUT2D eigenvalue weighted by Crippen LogP contribution is 2.24. The fourth-order valence-corrected chi connectivity index (χ4v) is 2.66. The van der Waals surface area contributed by atoms with Gasteiger partial charge in [0.15, 0.2) is 0 Å². The molecule has 5 heteroatoms. The second-order valence-corrected chi connectivity index (χ2v) is 5.31. The number of nitrogen functional groups attached to an aromatic ring is 1. The number of benzene rings is 1. The van der Waals surface area contributed by atoms with E-state index in [0.29, 0.717) is 17.0 Å². The van der Waals surface area contributed by atoms with Crippen LogP contribution in [0.2, 0.25) is 0 Å². The van der Waals surface area contributed by atoms with Gasteiger partial charge in [-0.25, -0.2) is 0 Å². The molecule has 1 fully saturated rings. The Kier molecular flexibility index (Phi) is 4.84. The van der Waals surface area contributed by atoms with Crippen molar-refractivity contribution in [3.8, 4) is 5.75 Å². The summed E-state index contributed by atoms with van der Waals surface area (Å²) in [5.41, 5.74) is 6.75. The maximum absolute atomic E-state index is 12.3. The summed E-state index contributed by atoms with van der Waals surface area (Å²) in [4.78, 5) is 14.7. The molecule has 1 aromatic carbocycles. The smallest absolute Gasteiger partial charge is 0.257 e. The molecule has 2 rings (SSSR count). The van der Waals surface area contributed by atoms with Gasteiger partial charge in [0, 0.05) is 18.3 Å². The minimum absolute atomic E-state index is 0.0879. The SMILES string of the molecule is COc1cccc(N)c1C(=O)NC(C)CN1CCCC1. The van der Waals surface area contributed by atoms with Crippen LogP contribution in [-0.2, 0) is 0 Å². The van der Waals surface area contributed by atoms with Crippen LogP contribution in [0.15, 0.2) is 18.2 Å². The quantitative estimate of drug-likeness (QED) is 0.800. The lowest BCUT2D eigenvalue weighted by Crippen LogP contribution is -2.41. The summed E-state index contributed by atoms with van der Waals surface area (Å²) in [5, 5.41) is 3.00. The molecule has 1 heterocycles. The second kappa shape index (κ2) is 6.61. The van der Waals surface area contributed by atoms with Gasteiger partial charge in [0.25, 0.3) is 5.91 Å². The van der Waals surface area contributed by atoms with Crippen molar-refractivity contribution in [2.24, 2.45) is 0 Å². The average molecular weight is 277 g/mol. The summed E-state index contributed by atoms with van der Waals surface area (Å²) >= 11 is 0. The molecule has 1 amide bonds. The van der Waals surface area contributed by atoms with Gasteiger partial charge in [-0.05, 0) is 45.0 Å². The van der Waals surface area contributed by atoms with Gasteiger partial charge in [0.2, 0.25) is 0 Å². The third kappa shape index (κ3) is 3.42. The number of ether oxygens (including phenoxy) is 1. The molecule has 1 aromatic rings. The first kappa shape index (κ1) is 14.7. The van der Waals surface area contributed by atoms with E-state index in [-0.39, 0.29) is 11.9 Å². The Morgan fingerprint density at radius 1 is 1.45 bits per heavy atom. The summed E-state index contributed by atoms with van der Waals surface area (Å²) in [6.45, 7) is 5.14. The van der Waals surface area contributed by atoms with Crippen molar-refractivity contribution < 1.29 is 9.53 Å². The third-order valence-corrected chi connectivity index (χ3v) is 3.61. The number of nitrogens with two attached hydrogens (primary N) is 1. The molecule has 1 unspecified atom stereocenters. The van der Waals surface area contributed by atoms with E-state index in [1.807, 2.05) is 6.92 Å². The number of rotatable bonds is 5. The van der Waals surface area contributed by atoms with E-state index in [1.165, 1.54) is 12.8 Å². The molecule has 0 spiro atoms. The molecular weight excluding hydrogens is 254 g/mol. The number of carbonyl (C=O) groups excluding carboxylic acids is 1. The average Bonchev–Trinajstić information content (AvgIpc) is 2.90. The zero-order chi connectivity index (χ0) is 14.5. The Morgan fingerprint density at radius 3 is 2.80 bits per heavy atom. The van der Waals surface area contributed by atoms with E-state index in [9.17, 15) is 4.79 Å². The monoisotopic (exact) mass is 277 g/mol. The van der Waals surface area contributed by atoms with Gasteiger partial charge in [-0.1, -0.05) is 6.07 Å². The van der Waals surface area contributed by atoms with Crippen LogP contribution in [0.3, 0.4) is 0 Å². The number of hydrogen-bond donors (Lipinski definition) is 2. The van der Waals surface area contributed by atoms with Crippen molar-refractivity contribution in [1.82, 2.24) is 10.2 Å². The van der Waals surface area contributed by atoms with E-state index in [2.05, 4.69) is 10.2 Å². The number of hydrogen-bond acceptors (Lipinski definition) is 4. The summed E-state index contributed by atoms with van der Waals surface area (Å²) in [6, 6.07) is 5.32. The molecule has 1 saturated heterocycles. The normalized spacial score (nSPS) is 16.9. The molecule has 1 aliphatic heterocycles. The van der Waals surface area contributed by atoms with Crippen LogP contribution >= 0.6 is 0 Å². The molecule has 1 aliphatic rings. The maximum atomic E-state index is 12.3. The van der Waals surface area contributed by atoms with Crippen LogP contribution in [0.25, 0.3) is 0 Å². The summed E-state index contributed by atoms with van der Waals surface area (Å²) < 4.78 is 5.21. The minimum Gasteiger partial charge on any atom is -0.496 e. The number of likely N-dealkylation sites (tertiary alicyclic amines) is 1. The highest BCUT2D eigenvalue weighted by Gasteiger charge is 2.20. The molecule has 0 radical (unpaired) electrons. The van der Waals surface area contributed by atoms with Crippen molar-refractivity contribution in [3.05, 3.63) is 23.8 Å². The predicted molar refractivity (Wildman–Crippen MR) is 80.0 cm³/mol. The number of nitrogens with zero attached hydrogens (tertiary/aromatic N) is 1. The van der Waals surface area contributed by atoms with Gasteiger partial charge in [-0.15, -0.1) is 0 Å². The maximum Gasteiger partial charge on any atom is 0.257 e. The predicted octanol–water partition coefficient (Wildman–Crippen LogP) is 1.49. The Hall–Kier alpha value is -1.75. The highest BCUT2D eigenvalue weighted by molar-refractivity contribution is 6.02. The largest absolute Gasteiger partial charge is 0.496 e. The summed E-state index contributed by atoms with van der Waals surface area (Å²) in [6.07, 6.45) is 2.50. The first-order valence-corrected chi connectivity index (χ1v) is 7.07. The van der Waals surface area contributed by atoms with Gasteiger partial charge in [-0.3, -0.25) is 4.79 Å². The van der Waals surface area contributed by atoms with E-state index in [4.69, 9.17) is 10.5 Å². The topological polar surface area (TPSA) is 67.6 Å². The highest BCUT2D eigenvalue weighted by atomic mass is 16.5. The Balaban J connectivity index is 2.00. The van der Waals surface area contributed by atoms with E-state index >= 15 is 0 Å². The molecule has 0 saturated carbocycles. The van der Waals surface area contributed by atoms with Crippen LogP contribution in [0.5, 0.6) is 5.75 Å². The van der Waals surface area contributed by atoms with Crippen LogP contribution < -0.4 is 15.8 Å². The van der Waals surface area contributed by atoms with Crippen molar-refractivity contribution >= 4 is 11.6 Å². The molecule has 0 aliphatic carbocycles. The van der Waals surface area contributed by atoms with E-state index < -0.39 is 0 Å². The van der Waals surface area contributed by atoms with Crippen LogP contribution in [0.1, 0.15) is 30.1 Å². The molecular formula is C15H23N3O2. The zero-order valence-corrected chi connectivity index (χ0v) is 12.2. The number of anilines is 1. The van der Waals surface area contributed by atoms with Crippen molar-refractivity contribution in [3.63, 3.8) is 0 Å². The molecule has 0 aromatic heterocycles. The molecule has 5 nitrogen and oxygen atoms in total. The second-order valence-electron chi connectivity index (χ2n) is 5.31. The Labute approximate surface area is 120 Å². The summed E-state index contributed by atoms with van der Waals surface area (Å²) in [5.74, 6) is 0.336. The van der Waals surface area contributed by atoms with Crippen molar-refractivity contribution in [2.75, 3.05) is 32.5 Å². The van der Waals surface area contributed by atoms with Crippen molar-refractivity contribution in [1.29, 1.82) is 0 Å². The van der Waals surface area contributed by atoms with Gasteiger partial charge in [0.05, 0.1) is 7.11 Å². The molecule has 3 N–H and O–H groups in total. The van der Waals surface area contributed by atoms with Gasteiger partial charge >= 0.3 is 0 Å². The fraction of sp³-hybridized carbons (Fsp3) is 0.533. The Bertz CT molecular complexity index is 470. The van der Waals surface area contributed by atoms with Gasteiger partial charge < -0.3 is 20.7 Å². The number of carbonyl (C=O) groups is 1. The van der Waals surface area contributed by atoms with Crippen LogP contribution in [0.4, 0.5) is 5.69 Å². The molecule has 1 atom stereocenters. The molecule has 0 bridgehead atoms. The lowest BCUT2D eigenvalue weighted by molar-refractivity contribution is 0.0930. The van der Waals surface area contributed by atoms with E-state index in [0.717, 1.165) is 19.6 Å². The standard InChI is InChI=1S/C15H23N3O2/c1-11(10-18-8-3-4-9-18)17-15(19)14-12(16)6-5-7-13(14)20-2/h5-7,11H,3-4,8-10,16H2,1-2H3,(H,17,19). The van der Waals surface area contributed by atoms with Gasteiger partial charge in [-0.2, -0.15) is 0 Å². The first-order chi connectivity index (χ1) is 9.61.